The molecule has 112 valence electrons. The smallest absolute Gasteiger partial charge is 0.122 e. The van der Waals surface area contributed by atoms with Crippen molar-refractivity contribution in [1.82, 2.24) is 0 Å². The predicted octanol–water partition coefficient (Wildman–Crippen LogP) is 3.71. The van der Waals surface area contributed by atoms with Gasteiger partial charge in [-0.3, -0.25) is 0 Å². The highest BCUT2D eigenvalue weighted by atomic mass is 16.5. The van der Waals surface area contributed by atoms with E-state index in [1.807, 2.05) is 26.0 Å². The molecular formula is C18H22O3. The van der Waals surface area contributed by atoms with Crippen molar-refractivity contribution in [2.75, 3.05) is 14.2 Å². The van der Waals surface area contributed by atoms with Gasteiger partial charge in [-0.25, -0.2) is 0 Å². The van der Waals surface area contributed by atoms with E-state index in [0.717, 1.165) is 22.3 Å². The van der Waals surface area contributed by atoms with E-state index < -0.39 is 6.10 Å². The van der Waals surface area contributed by atoms with E-state index in [-0.39, 0.29) is 0 Å². The highest BCUT2D eigenvalue weighted by molar-refractivity contribution is 5.46. The number of hydrogen-bond acceptors (Lipinski definition) is 3. The molecule has 0 amide bonds. The van der Waals surface area contributed by atoms with Crippen LogP contribution in [-0.2, 0) is 0 Å². The zero-order valence-electron chi connectivity index (χ0n) is 13.2. The van der Waals surface area contributed by atoms with Crippen molar-refractivity contribution in [3.8, 4) is 11.5 Å². The van der Waals surface area contributed by atoms with Crippen molar-refractivity contribution in [2.45, 2.75) is 26.9 Å². The van der Waals surface area contributed by atoms with Gasteiger partial charge in [-0.15, -0.1) is 0 Å². The maximum Gasteiger partial charge on any atom is 0.122 e. The Morgan fingerprint density at radius 1 is 0.810 bits per heavy atom. The Morgan fingerprint density at radius 3 is 1.71 bits per heavy atom. The van der Waals surface area contributed by atoms with Crippen LogP contribution in [0.4, 0.5) is 0 Å². The number of aryl methyl sites for hydroxylation is 3. The number of ether oxygens (including phenoxy) is 2. The third-order valence-corrected chi connectivity index (χ3v) is 3.70. The molecule has 3 nitrogen and oxygen atoms in total. The minimum absolute atomic E-state index is 0.672. The Kier molecular flexibility index (Phi) is 4.53. The summed E-state index contributed by atoms with van der Waals surface area (Å²) in [5.74, 6) is 1.34. The molecule has 0 radical (unpaired) electrons. The quantitative estimate of drug-likeness (QED) is 0.931. The van der Waals surface area contributed by atoms with Gasteiger partial charge in [-0.2, -0.15) is 0 Å². The van der Waals surface area contributed by atoms with Crippen LogP contribution >= 0.6 is 0 Å². The van der Waals surface area contributed by atoms with E-state index in [4.69, 9.17) is 9.47 Å². The van der Waals surface area contributed by atoms with Crippen LogP contribution < -0.4 is 9.47 Å². The van der Waals surface area contributed by atoms with Gasteiger partial charge in [0.1, 0.15) is 17.6 Å². The topological polar surface area (TPSA) is 38.7 Å². The van der Waals surface area contributed by atoms with Gasteiger partial charge in [0.25, 0.3) is 0 Å². The molecule has 1 unspecified atom stereocenters. The molecule has 2 aromatic rings. The Bertz CT molecular complexity index is 602. The molecule has 2 aromatic carbocycles. The zero-order valence-corrected chi connectivity index (χ0v) is 13.2. The van der Waals surface area contributed by atoms with Crippen LogP contribution in [0, 0.1) is 20.8 Å². The highest BCUT2D eigenvalue weighted by Crippen LogP contribution is 2.33. The van der Waals surface area contributed by atoms with Crippen LogP contribution in [-0.4, -0.2) is 19.3 Å². The molecule has 0 aromatic heterocycles. The molecule has 0 bridgehead atoms. The molecule has 0 spiro atoms. The average molecular weight is 286 g/mol. The number of rotatable bonds is 4. The molecule has 0 fully saturated rings. The SMILES string of the molecule is COc1cc(OC)cc(C(O)c2c(C)cc(C)cc2C)c1. The summed E-state index contributed by atoms with van der Waals surface area (Å²) in [6.45, 7) is 6.11. The fraction of sp³-hybridized carbons (Fsp3) is 0.333. The van der Waals surface area contributed by atoms with Crippen LogP contribution in [0.2, 0.25) is 0 Å². The summed E-state index contributed by atoms with van der Waals surface area (Å²) in [5, 5.41) is 10.8. The Hall–Kier alpha value is -2.00. The minimum atomic E-state index is -0.699. The maximum atomic E-state index is 10.8. The van der Waals surface area contributed by atoms with Crippen LogP contribution in [0.25, 0.3) is 0 Å². The maximum absolute atomic E-state index is 10.8. The molecule has 3 heteroatoms. The van der Waals surface area contributed by atoms with Crippen molar-refractivity contribution in [2.24, 2.45) is 0 Å². The Balaban J connectivity index is 2.52. The lowest BCUT2D eigenvalue weighted by Crippen LogP contribution is -2.06. The molecule has 0 saturated heterocycles. The summed E-state index contributed by atoms with van der Waals surface area (Å²) in [4.78, 5) is 0. The van der Waals surface area contributed by atoms with E-state index >= 15 is 0 Å². The summed E-state index contributed by atoms with van der Waals surface area (Å²) < 4.78 is 10.5. The number of hydrogen-bond donors (Lipinski definition) is 1. The third-order valence-electron chi connectivity index (χ3n) is 3.70. The number of aliphatic hydroxyl groups is 1. The number of aliphatic hydroxyl groups excluding tert-OH is 1. The molecule has 1 N–H and O–H groups in total. The lowest BCUT2D eigenvalue weighted by atomic mass is 9.92. The molecule has 0 aliphatic heterocycles. The lowest BCUT2D eigenvalue weighted by Gasteiger charge is -2.19. The molecule has 0 heterocycles. The molecule has 1 atom stereocenters. The van der Waals surface area contributed by atoms with Crippen molar-refractivity contribution in [1.29, 1.82) is 0 Å². The normalized spacial score (nSPS) is 12.1. The van der Waals surface area contributed by atoms with Crippen molar-refractivity contribution in [3.63, 3.8) is 0 Å². The molecular weight excluding hydrogens is 264 g/mol. The van der Waals surface area contributed by atoms with Gasteiger partial charge in [-0.1, -0.05) is 17.7 Å². The largest absolute Gasteiger partial charge is 0.497 e. The first-order chi connectivity index (χ1) is 9.96. The average Bonchev–Trinajstić information content (AvgIpc) is 2.45. The summed E-state index contributed by atoms with van der Waals surface area (Å²) in [5.41, 5.74) is 5.07. The van der Waals surface area contributed by atoms with Gasteiger partial charge in [0.2, 0.25) is 0 Å². The van der Waals surface area contributed by atoms with Crippen LogP contribution in [0.5, 0.6) is 11.5 Å². The third kappa shape index (κ3) is 3.19. The lowest BCUT2D eigenvalue weighted by molar-refractivity contribution is 0.217. The first-order valence-corrected chi connectivity index (χ1v) is 6.95. The van der Waals surface area contributed by atoms with Gasteiger partial charge >= 0.3 is 0 Å². The van der Waals surface area contributed by atoms with E-state index in [0.29, 0.717) is 11.5 Å². The van der Waals surface area contributed by atoms with Gasteiger partial charge < -0.3 is 14.6 Å². The summed E-state index contributed by atoms with van der Waals surface area (Å²) >= 11 is 0. The molecule has 0 aliphatic carbocycles. The molecule has 21 heavy (non-hydrogen) atoms. The second kappa shape index (κ2) is 6.19. The monoisotopic (exact) mass is 286 g/mol. The Labute approximate surface area is 126 Å². The van der Waals surface area contributed by atoms with Crippen LogP contribution in [0.15, 0.2) is 30.3 Å². The fourth-order valence-electron chi connectivity index (χ4n) is 2.78. The molecule has 0 aliphatic rings. The van der Waals surface area contributed by atoms with Gasteiger partial charge in [-0.05, 0) is 55.2 Å². The summed E-state index contributed by atoms with van der Waals surface area (Å²) in [6.07, 6.45) is -0.699. The van der Waals surface area contributed by atoms with E-state index in [9.17, 15) is 5.11 Å². The van der Waals surface area contributed by atoms with E-state index in [2.05, 4.69) is 19.1 Å². The minimum Gasteiger partial charge on any atom is -0.497 e. The molecule has 2 rings (SSSR count). The number of methoxy groups -OCH3 is 2. The van der Waals surface area contributed by atoms with E-state index in [1.54, 1.807) is 20.3 Å². The predicted molar refractivity (Wildman–Crippen MR) is 84.3 cm³/mol. The second-order valence-corrected chi connectivity index (χ2v) is 5.36. The highest BCUT2D eigenvalue weighted by Gasteiger charge is 2.17. The summed E-state index contributed by atoms with van der Waals surface area (Å²) in [7, 11) is 3.21. The summed E-state index contributed by atoms with van der Waals surface area (Å²) in [6, 6.07) is 9.65. The van der Waals surface area contributed by atoms with Gasteiger partial charge in [0, 0.05) is 6.07 Å². The first kappa shape index (κ1) is 15.4. The first-order valence-electron chi connectivity index (χ1n) is 6.95. The standard InChI is InChI=1S/C18H22O3/c1-11-6-12(2)17(13(3)7-11)18(19)14-8-15(20-4)10-16(9-14)21-5/h6-10,18-19H,1-5H3. The van der Waals surface area contributed by atoms with Crippen LogP contribution in [0.3, 0.4) is 0 Å². The van der Waals surface area contributed by atoms with Crippen molar-refractivity contribution in [3.05, 3.63) is 58.1 Å². The Morgan fingerprint density at radius 2 is 1.29 bits per heavy atom. The molecule has 0 saturated carbocycles. The van der Waals surface area contributed by atoms with Crippen LogP contribution in [0.1, 0.15) is 33.9 Å². The van der Waals surface area contributed by atoms with E-state index in [1.165, 1.54) is 5.56 Å². The zero-order chi connectivity index (χ0) is 15.6. The van der Waals surface area contributed by atoms with Gasteiger partial charge in [0.05, 0.1) is 14.2 Å². The second-order valence-electron chi connectivity index (χ2n) is 5.36. The number of benzene rings is 2. The van der Waals surface area contributed by atoms with Gasteiger partial charge in [0.15, 0.2) is 0 Å². The van der Waals surface area contributed by atoms with Crippen molar-refractivity contribution < 1.29 is 14.6 Å². The fourth-order valence-corrected chi connectivity index (χ4v) is 2.78. The van der Waals surface area contributed by atoms with Crippen molar-refractivity contribution >= 4 is 0 Å².